The third-order valence-corrected chi connectivity index (χ3v) is 2.69. The normalized spacial score (nSPS) is 11.2. The lowest BCUT2D eigenvalue weighted by atomic mass is 9.91. The molecule has 5 heteroatoms. The van der Waals surface area contributed by atoms with Gasteiger partial charge in [0.05, 0.1) is 12.0 Å². The standard InChI is InChI=1S/C12H25N3O2/c1-6-7-15(8-10(16)14(4)5)11(17)12(2,3)9-13/h6-9,13H2,1-5H3. The van der Waals surface area contributed by atoms with Gasteiger partial charge in [0.2, 0.25) is 11.8 Å². The Hall–Kier alpha value is -1.10. The minimum Gasteiger partial charge on any atom is -0.347 e. The first-order valence-corrected chi connectivity index (χ1v) is 5.95. The molecule has 0 aliphatic carbocycles. The third kappa shape index (κ3) is 4.73. The molecular formula is C12H25N3O2. The average molecular weight is 243 g/mol. The molecule has 0 rings (SSSR count). The number of hydrogen-bond acceptors (Lipinski definition) is 3. The molecule has 100 valence electrons. The number of carbonyl (C=O) groups excluding carboxylic acids is 2. The molecule has 5 nitrogen and oxygen atoms in total. The van der Waals surface area contributed by atoms with Crippen LogP contribution in [0.2, 0.25) is 0 Å². The number of likely N-dealkylation sites (N-methyl/N-ethyl adjacent to an activating group) is 1. The first kappa shape index (κ1) is 15.9. The first-order chi connectivity index (χ1) is 7.76. The fourth-order valence-corrected chi connectivity index (χ4v) is 1.34. The molecule has 0 saturated heterocycles. The maximum Gasteiger partial charge on any atom is 0.241 e. The molecule has 0 aromatic rings. The van der Waals surface area contributed by atoms with Crippen molar-refractivity contribution in [3.8, 4) is 0 Å². The first-order valence-electron chi connectivity index (χ1n) is 5.95. The van der Waals surface area contributed by atoms with Gasteiger partial charge < -0.3 is 15.5 Å². The van der Waals surface area contributed by atoms with Gasteiger partial charge in [0, 0.05) is 27.2 Å². The highest BCUT2D eigenvalue weighted by Gasteiger charge is 2.31. The summed E-state index contributed by atoms with van der Waals surface area (Å²) in [5.74, 6) is -0.128. The van der Waals surface area contributed by atoms with E-state index in [1.54, 1.807) is 32.8 Å². The minimum absolute atomic E-state index is 0.0583. The van der Waals surface area contributed by atoms with Crippen LogP contribution in [-0.2, 0) is 9.59 Å². The van der Waals surface area contributed by atoms with Crippen LogP contribution in [0.1, 0.15) is 27.2 Å². The highest BCUT2D eigenvalue weighted by Crippen LogP contribution is 2.17. The van der Waals surface area contributed by atoms with E-state index in [9.17, 15) is 9.59 Å². The zero-order valence-electron chi connectivity index (χ0n) is 11.6. The van der Waals surface area contributed by atoms with Gasteiger partial charge >= 0.3 is 0 Å². The quantitative estimate of drug-likeness (QED) is 0.729. The molecular weight excluding hydrogens is 218 g/mol. The Bertz CT molecular complexity index is 275. The Balaban J connectivity index is 4.74. The Morgan fingerprint density at radius 2 is 1.76 bits per heavy atom. The minimum atomic E-state index is -0.609. The summed E-state index contributed by atoms with van der Waals surface area (Å²) < 4.78 is 0. The Labute approximate surface area is 104 Å². The van der Waals surface area contributed by atoms with E-state index in [-0.39, 0.29) is 24.9 Å². The predicted molar refractivity (Wildman–Crippen MR) is 68.4 cm³/mol. The van der Waals surface area contributed by atoms with Gasteiger partial charge in [0.15, 0.2) is 0 Å². The smallest absolute Gasteiger partial charge is 0.241 e. The molecule has 17 heavy (non-hydrogen) atoms. The molecule has 0 aromatic heterocycles. The largest absolute Gasteiger partial charge is 0.347 e. The van der Waals surface area contributed by atoms with Crippen molar-refractivity contribution >= 4 is 11.8 Å². The number of carbonyl (C=O) groups is 2. The van der Waals surface area contributed by atoms with Crippen molar-refractivity contribution < 1.29 is 9.59 Å². The zero-order chi connectivity index (χ0) is 13.6. The van der Waals surface area contributed by atoms with Crippen molar-refractivity contribution in [3.63, 3.8) is 0 Å². The van der Waals surface area contributed by atoms with Crippen LogP contribution in [0.25, 0.3) is 0 Å². The maximum absolute atomic E-state index is 12.2. The SMILES string of the molecule is CCCN(CC(=O)N(C)C)C(=O)C(C)(C)CN. The Kier molecular flexibility index (Phi) is 6.16. The molecule has 0 aliphatic heterocycles. The van der Waals surface area contributed by atoms with Crippen LogP contribution in [0, 0.1) is 5.41 Å². The van der Waals surface area contributed by atoms with Gasteiger partial charge in [0.1, 0.15) is 0 Å². The summed E-state index contributed by atoms with van der Waals surface area (Å²) in [6.45, 7) is 6.58. The van der Waals surface area contributed by atoms with Crippen LogP contribution in [0.3, 0.4) is 0 Å². The Morgan fingerprint density at radius 3 is 2.12 bits per heavy atom. The van der Waals surface area contributed by atoms with E-state index in [1.165, 1.54) is 4.90 Å². The molecule has 0 bridgehead atoms. The van der Waals surface area contributed by atoms with Crippen LogP contribution < -0.4 is 5.73 Å². The van der Waals surface area contributed by atoms with E-state index in [0.29, 0.717) is 6.54 Å². The van der Waals surface area contributed by atoms with E-state index in [2.05, 4.69) is 0 Å². The molecule has 0 spiro atoms. The zero-order valence-corrected chi connectivity index (χ0v) is 11.6. The highest BCUT2D eigenvalue weighted by molar-refractivity contribution is 5.87. The van der Waals surface area contributed by atoms with Crippen LogP contribution in [0.15, 0.2) is 0 Å². The van der Waals surface area contributed by atoms with E-state index in [4.69, 9.17) is 5.73 Å². The summed E-state index contributed by atoms with van der Waals surface area (Å²) in [4.78, 5) is 27.0. The third-order valence-electron chi connectivity index (χ3n) is 2.69. The lowest BCUT2D eigenvalue weighted by Gasteiger charge is -2.31. The van der Waals surface area contributed by atoms with Crippen LogP contribution in [0.5, 0.6) is 0 Å². The predicted octanol–water partition coefficient (Wildman–Crippen LogP) is 0.298. The number of amides is 2. The number of nitrogens with zero attached hydrogens (tertiary/aromatic N) is 2. The van der Waals surface area contributed by atoms with Crippen LogP contribution in [-0.4, -0.2) is 55.3 Å². The molecule has 0 fully saturated rings. The summed E-state index contributed by atoms with van der Waals surface area (Å²) in [6.07, 6.45) is 0.826. The summed E-state index contributed by atoms with van der Waals surface area (Å²) in [7, 11) is 3.37. The van der Waals surface area contributed by atoms with Gasteiger partial charge in [-0.2, -0.15) is 0 Å². The molecule has 0 unspecified atom stereocenters. The van der Waals surface area contributed by atoms with Gasteiger partial charge in [-0.1, -0.05) is 6.92 Å². The van der Waals surface area contributed by atoms with Gasteiger partial charge in [0.25, 0.3) is 0 Å². The van der Waals surface area contributed by atoms with Crippen molar-refractivity contribution in [3.05, 3.63) is 0 Å². The van der Waals surface area contributed by atoms with Gasteiger partial charge in [-0.3, -0.25) is 9.59 Å². The number of rotatable bonds is 6. The summed E-state index contributed by atoms with van der Waals surface area (Å²) in [6, 6.07) is 0. The van der Waals surface area contributed by atoms with Crippen LogP contribution in [0.4, 0.5) is 0 Å². The lowest BCUT2D eigenvalue weighted by Crippen LogP contribution is -2.48. The molecule has 0 saturated carbocycles. The van der Waals surface area contributed by atoms with Gasteiger partial charge in [-0.15, -0.1) is 0 Å². The monoisotopic (exact) mass is 243 g/mol. The van der Waals surface area contributed by atoms with Crippen molar-refractivity contribution in [1.29, 1.82) is 0 Å². The molecule has 0 heterocycles. The number of nitrogens with two attached hydrogens (primary N) is 1. The molecule has 0 aromatic carbocycles. The van der Waals surface area contributed by atoms with Crippen molar-refractivity contribution in [2.45, 2.75) is 27.2 Å². The molecule has 0 radical (unpaired) electrons. The van der Waals surface area contributed by atoms with E-state index < -0.39 is 5.41 Å². The summed E-state index contributed by atoms with van der Waals surface area (Å²) in [5.41, 5.74) is 4.98. The van der Waals surface area contributed by atoms with Gasteiger partial charge in [-0.25, -0.2) is 0 Å². The highest BCUT2D eigenvalue weighted by atomic mass is 16.2. The molecule has 2 amide bonds. The fourth-order valence-electron chi connectivity index (χ4n) is 1.34. The van der Waals surface area contributed by atoms with Crippen molar-refractivity contribution in [2.24, 2.45) is 11.1 Å². The fraction of sp³-hybridized carbons (Fsp3) is 0.833. The van der Waals surface area contributed by atoms with Gasteiger partial charge in [-0.05, 0) is 20.3 Å². The molecule has 0 atom stereocenters. The van der Waals surface area contributed by atoms with E-state index >= 15 is 0 Å². The summed E-state index contributed by atoms with van der Waals surface area (Å²) >= 11 is 0. The van der Waals surface area contributed by atoms with Crippen LogP contribution >= 0.6 is 0 Å². The molecule has 2 N–H and O–H groups in total. The second-order valence-corrected chi connectivity index (χ2v) is 5.10. The maximum atomic E-state index is 12.2. The lowest BCUT2D eigenvalue weighted by molar-refractivity contribution is -0.145. The van der Waals surface area contributed by atoms with E-state index in [0.717, 1.165) is 6.42 Å². The average Bonchev–Trinajstić information content (AvgIpc) is 2.27. The number of hydrogen-bond donors (Lipinski definition) is 1. The van der Waals surface area contributed by atoms with Crippen molar-refractivity contribution in [2.75, 3.05) is 33.7 Å². The topological polar surface area (TPSA) is 66.6 Å². The van der Waals surface area contributed by atoms with E-state index in [1.807, 2.05) is 6.92 Å². The molecule has 0 aliphatic rings. The summed E-state index contributed by atoms with van der Waals surface area (Å²) in [5, 5.41) is 0. The second-order valence-electron chi connectivity index (χ2n) is 5.10. The second kappa shape index (κ2) is 6.59. The Morgan fingerprint density at radius 1 is 1.24 bits per heavy atom. The van der Waals surface area contributed by atoms with Crippen molar-refractivity contribution in [1.82, 2.24) is 9.80 Å².